The summed E-state index contributed by atoms with van der Waals surface area (Å²) in [4.78, 5) is 11.7. The second-order valence-corrected chi connectivity index (χ2v) is 5.18. The van der Waals surface area contributed by atoms with E-state index in [4.69, 9.17) is 13.7 Å². The molecule has 1 fully saturated rings. The van der Waals surface area contributed by atoms with E-state index >= 15 is 0 Å². The molecule has 0 radical (unpaired) electrons. The molecule has 0 saturated heterocycles. The van der Waals surface area contributed by atoms with Gasteiger partial charge in [-0.15, -0.1) is 0 Å². The highest BCUT2D eigenvalue weighted by Crippen LogP contribution is 2.28. The van der Waals surface area contributed by atoms with Crippen molar-refractivity contribution in [2.24, 2.45) is 5.92 Å². The molecule has 1 aliphatic carbocycles. The van der Waals surface area contributed by atoms with Crippen molar-refractivity contribution in [1.29, 1.82) is 0 Å². The van der Waals surface area contributed by atoms with E-state index in [0.717, 1.165) is 12.8 Å². The van der Waals surface area contributed by atoms with Gasteiger partial charge in [-0.25, -0.2) is 0 Å². The molecule has 0 unspecified atom stereocenters. The van der Waals surface area contributed by atoms with Crippen LogP contribution in [-0.4, -0.2) is 11.1 Å². The van der Waals surface area contributed by atoms with Crippen LogP contribution in [0.2, 0.25) is 0 Å². The summed E-state index contributed by atoms with van der Waals surface area (Å²) in [5.74, 6) is 1.50. The molecule has 0 aromatic carbocycles. The monoisotopic (exact) mass is 275 g/mol. The van der Waals surface area contributed by atoms with E-state index in [1.807, 2.05) is 0 Å². The molecule has 20 heavy (non-hydrogen) atoms. The van der Waals surface area contributed by atoms with Crippen LogP contribution in [0, 0.1) is 5.92 Å². The maximum atomic E-state index is 11.7. The molecule has 3 rings (SSSR count). The molecule has 0 bridgehead atoms. The first-order valence-corrected chi connectivity index (χ1v) is 6.96. The van der Waals surface area contributed by atoms with Gasteiger partial charge in [0.05, 0.1) is 6.26 Å². The highest BCUT2D eigenvalue weighted by molar-refractivity contribution is 5.69. The fourth-order valence-corrected chi connectivity index (χ4v) is 2.58. The third-order valence-corrected chi connectivity index (χ3v) is 3.63. The second kappa shape index (κ2) is 5.94. The highest BCUT2D eigenvalue weighted by Gasteiger charge is 2.19. The molecule has 2 aromatic heterocycles. The average Bonchev–Trinajstić information content (AvgIpc) is 3.18. The van der Waals surface area contributed by atoms with Gasteiger partial charge in [-0.05, 0) is 30.9 Å². The van der Waals surface area contributed by atoms with Crippen LogP contribution in [0.15, 0.2) is 33.4 Å². The zero-order valence-electron chi connectivity index (χ0n) is 11.2. The van der Waals surface area contributed by atoms with E-state index in [-0.39, 0.29) is 12.6 Å². The number of carbonyl (C=O) groups is 1. The normalized spacial score (nSPS) is 15.6. The number of hydrogen-bond donors (Lipinski definition) is 0. The van der Waals surface area contributed by atoms with Crippen molar-refractivity contribution in [2.45, 2.75) is 38.7 Å². The standard InChI is InChI=1S/C15H17NO4/c17-15(8-11-4-1-2-5-11)19-10-12-9-14(20-16-12)13-6-3-7-18-13/h3,6-7,9,11H,1-2,4-5,8,10H2. The van der Waals surface area contributed by atoms with Gasteiger partial charge < -0.3 is 13.7 Å². The molecule has 0 amide bonds. The zero-order valence-corrected chi connectivity index (χ0v) is 11.2. The minimum Gasteiger partial charge on any atom is -0.461 e. The Labute approximate surface area is 116 Å². The van der Waals surface area contributed by atoms with Crippen LogP contribution in [-0.2, 0) is 16.1 Å². The summed E-state index contributed by atoms with van der Waals surface area (Å²) in [5.41, 5.74) is 0.594. The number of furan rings is 1. The molecule has 0 aliphatic heterocycles. The highest BCUT2D eigenvalue weighted by atomic mass is 16.5. The molecule has 2 aromatic rings. The van der Waals surface area contributed by atoms with Crippen LogP contribution >= 0.6 is 0 Å². The van der Waals surface area contributed by atoms with E-state index in [1.54, 1.807) is 24.5 Å². The van der Waals surface area contributed by atoms with Crippen molar-refractivity contribution in [1.82, 2.24) is 5.16 Å². The van der Waals surface area contributed by atoms with Crippen molar-refractivity contribution < 1.29 is 18.5 Å². The molecular weight excluding hydrogens is 258 g/mol. The first kappa shape index (κ1) is 13.0. The Bertz CT molecular complexity index is 552. The predicted octanol–water partition coefficient (Wildman–Crippen LogP) is 3.56. The summed E-state index contributed by atoms with van der Waals surface area (Å²) in [6, 6.07) is 5.29. The Kier molecular flexibility index (Phi) is 3.85. The van der Waals surface area contributed by atoms with Crippen LogP contribution in [0.3, 0.4) is 0 Å². The smallest absolute Gasteiger partial charge is 0.306 e. The molecule has 0 atom stereocenters. The lowest BCUT2D eigenvalue weighted by atomic mass is 10.0. The van der Waals surface area contributed by atoms with E-state index in [0.29, 0.717) is 29.6 Å². The van der Waals surface area contributed by atoms with Gasteiger partial charge in [0.2, 0.25) is 5.76 Å². The molecule has 0 spiro atoms. The summed E-state index contributed by atoms with van der Waals surface area (Å²) in [6.07, 6.45) is 6.83. The number of ether oxygens (including phenoxy) is 1. The second-order valence-electron chi connectivity index (χ2n) is 5.18. The third-order valence-electron chi connectivity index (χ3n) is 3.63. The van der Waals surface area contributed by atoms with Crippen molar-refractivity contribution in [3.8, 4) is 11.5 Å². The number of hydrogen-bond acceptors (Lipinski definition) is 5. The molecule has 1 aliphatic rings. The summed E-state index contributed by atoms with van der Waals surface area (Å²) >= 11 is 0. The average molecular weight is 275 g/mol. The number of carbonyl (C=O) groups excluding carboxylic acids is 1. The Morgan fingerprint density at radius 3 is 2.95 bits per heavy atom. The van der Waals surface area contributed by atoms with Crippen molar-refractivity contribution >= 4 is 5.97 Å². The van der Waals surface area contributed by atoms with Gasteiger partial charge >= 0.3 is 5.97 Å². The maximum Gasteiger partial charge on any atom is 0.306 e. The van der Waals surface area contributed by atoms with Gasteiger partial charge in [0, 0.05) is 12.5 Å². The SMILES string of the molecule is O=C(CC1CCCC1)OCc1cc(-c2ccco2)on1. The summed E-state index contributed by atoms with van der Waals surface area (Å²) in [6.45, 7) is 0.149. The third kappa shape index (κ3) is 3.10. The van der Waals surface area contributed by atoms with Gasteiger partial charge in [0.25, 0.3) is 0 Å². The van der Waals surface area contributed by atoms with Gasteiger partial charge in [0.15, 0.2) is 5.76 Å². The number of rotatable bonds is 5. The van der Waals surface area contributed by atoms with Crippen LogP contribution in [0.1, 0.15) is 37.8 Å². The Hall–Kier alpha value is -2.04. The van der Waals surface area contributed by atoms with Crippen LogP contribution in [0.25, 0.3) is 11.5 Å². The van der Waals surface area contributed by atoms with Crippen LogP contribution in [0.4, 0.5) is 0 Å². The fraction of sp³-hybridized carbons (Fsp3) is 0.467. The minimum atomic E-state index is -0.153. The fourth-order valence-electron chi connectivity index (χ4n) is 2.58. The number of aromatic nitrogens is 1. The minimum absolute atomic E-state index is 0.149. The van der Waals surface area contributed by atoms with Gasteiger partial charge in [0.1, 0.15) is 12.3 Å². The maximum absolute atomic E-state index is 11.7. The summed E-state index contributed by atoms with van der Waals surface area (Å²) in [5, 5.41) is 3.86. The van der Waals surface area contributed by atoms with E-state index in [1.165, 1.54) is 12.8 Å². The predicted molar refractivity (Wildman–Crippen MR) is 70.6 cm³/mol. The number of esters is 1. The van der Waals surface area contributed by atoms with E-state index < -0.39 is 0 Å². The van der Waals surface area contributed by atoms with Gasteiger partial charge in [-0.3, -0.25) is 4.79 Å². The van der Waals surface area contributed by atoms with E-state index in [9.17, 15) is 4.79 Å². The summed E-state index contributed by atoms with van der Waals surface area (Å²) in [7, 11) is 0. The Balaban J connectivity index is 1.49. The topological polar surface area (TPSA) is 65.5 Å². The number of nitrogens with zero attached hydrogens (tertiary/aromatic N) is 1. The molecule has 1 saturated carbocycles. The van der Waals surface area contributed by atoms with E-state index in [2.05, 4.69) is 5.16 Å². The lowest BCUT2D eigenvalue weighted by Gasteiger charge is -2.07. The Morgan fingerprint density at radius 2 is 2.20 bits per heavy atom. The molecule has 106 valence electrons. The molecule has 0 N–H and O–H groups in total. The largest absolute Gasteiger partial charge is 0.461 e. The van der Waals surface area contributed by atoms with Crippen LogP contribution in [0.5, 0.6) is 0 Å². The molecular formula is C15H17NO4. The summed E-state index contributed by atoms with van der Waals surface area (Å²) < 4.78 is 15.6. The first-order valence-electron chi connectivity index (χ1n) is 6.96. The molecule has 2 heterocycles. The van der Waals surface area contributed by atoms with Gasteiger partial charge in [-0.2, -0.15) is 0 Å². The van der Waals surface area contributed by atoms with Gasteiger partial charge in [-0.1, -0.05) is 18.0 Å². The van der Waals surface area contributed by atoms with Crippen molar-refractivity contribution in [2.75, 3.05) is 0 Å². The lowest BCUT2D eigenvalue weighted by Crippen LogP contribution is -2.09. The zero-order chi connectivity index (χ0) is 13.8. The quantitative estimate of drug-likeness (QED) is 0.780. The van der Waals surface area contributed by atoms with Crippen LogP contribution < -0.4 is 0 Å². The molecule has 5 nitrogen and oxygen atoms in total. The first-order chi connectivity index (χ1) is 9.81. The van der Waals surface area contributed by atoms with Crippen molar-refractivity contribution in [3.05, 3.63) is 30.2 Å². The van der Waals surface area contributed by atoms with Crippen molar-refractivity contribution in [3.63, 3.8) is 0 Å². The lowest BCUT2D eigenvalue weighted by molar-refractivity contribution is -0.146. The Morgan fingerprint density at radius 1 is 1.35 bits per heavy atom. The molecule has 5 heteroatoms.